The van der Waals surface area contributed by atoms with Crippen LogP contribution in [-0.4, -0.2) is 67.7 Å². The van der Waals surface area contributed by atoms with Gasteiger partial charge < -0.3 is 20.7 Å². The van der Waals surface area contributed by atoms with E-state index < -0.39 is 66.2 Å². The van der Waals surface area contributed by atoms with E-state index >= 15 is 0 Å². The second-order valence-corrected chi connectivity index (χ2v) is 8.06. The minimum absolute atomic E-state index is 0.0205. The smallest absolute Gasteiger partial charge is 0.370 e. The lowest BCUT2D eigenvalue weighted by atomic mass is 10.1. The van der Waals surface area contributed by atoms with Crippen molar-refractivity contribution in [1.82, 2.24) is 4.90 Å². The summed E-state index contributed by atoms with van der Waals surface area (Å²) in [6, 6.07) is 0.436. The summed E-state index contributed by atoms with van der Waals surface area (Å²) in [5, 5.41) is 2.04. The molecule has 1 aromatic carbocycles. The average Bonchev–Trinajstić information content (AvgIpc) is 2.65. The highest BCUT2D eigenvalue weighted by molar-refractivity contribution is 6.09. The molecular weight excluding hydrogens is 474 g/mol. The lowest BCUT2D eigenvalue weighted by molar-refractivity contribution is -0.158. The van der Waals surface area contributed by atoms with Gasteiger partial charge in [0, 0.05) is 18.8 Å². The van der Waals surface area contributed by atoms with E-state index in [-0.39, 0.29) is 25.6 Å². The van der Waals surface area contributed by atoms with Gasteiger partial charge in [-0.25, -0.2) is 0 Å². The molecule has 1 aliphatic rings. The third kappa shape index (κ3) is 7.32. The molecule has 3 amide bonds. The molecule has 0 unspecified atom stereocenters. The molecule has 8 nitrogen and oxygen atoms in total. The molecule has 14 heteroatoms. The van der Waals surface area contributed by atoms with Crippen molar-refractivity contribution in [2.45, 2.75) is 32.2 Å². The second-order valence-electron chi connectivity index (χ2n) is 8.06. The molecule has 1 aromatic rings. The largest absolute Gasteiger partial charge is 0.418 e. The van der Waals surface area contributed by atoms with Gasteiger partial charge in [0.1, 0.15) is 6.61 Å². The minimum atomic E-state index is -4.93. The van der Waals surface area contributed by atoms with Gasteiger partial charge in [-0.15, -0.1) is 0 Å². The second kappa shape index (κ2) is 10.6. The van der Waals surface area contributed by atoms with Crippen LogP contribution in [0.15, 0.2) is 18.2 Å². The summed E-state index contributed by atoms with van der Waals surface area (Å²) < 4.78 is 85.1. The van der Waals surface area contributed by atoms with Gasteiger partial charge in [-0.3, -0.25) is 19.3 Å². The number of nitrogens with zero attached hydrogens (tertiary/aromatic N) is 2. The first-order valence-electron chi connectivity index (χ1n) is 10.1. The Bertz CT molecular complexity index is 919. The molecule has 190 valence electrons. The normalized spacial score (nSPS) is 16.2. The van der Waals surface area contributed by atoms with Crippen molar-refractivity contribution in [1.29, 1.82) is 0 Å². The fourth-order valence-electron chi connectivity index (χ4n) is 3.50. The van der Waals surface area contributed by atoms with Crippen LogP contribution in [-0.2, 0) is 25.3 Å². The maximum atomic E-state index is 13.7. The lowest BCUT2D eigenvalue weighted by Crippen LogP contribution is -2.55. The van der Waals surface area contributed by atoms with E-state index in [1.807, 2.05) is 5.32 Å². The van der Waals surface area contributed by atoms with E-state index in [0.717, 1.165) is 17.0 Å². The molecule has 2 rings (SSSR count). The summed E-state index contributed by atoms with van der Waals surface area (Å²) in [6.45, 7) is 0.651. The Balaban J connectivity index is 2.38. The maximum absolute atomic E-state index is 13.7. The van der Waals surface area contributed by atoms with E-state index in [4.69, 9.17) is 10.5 Å². The van der Waals surface area contributed by atoms with Gasteiger partial charge >= 0.3 is 12.4 Å². The van der Waals surface area contributed by atoms with Gasteiger partial charge in [-0.1, -0.05) is 13.8 Å². The molecular formula is C20H24F6N4O4. The van der Waals surface area contributed by atoms with Gasteiger partial charge in [-0.2, -0.15) is 26.3 Å². The van der Waals surface area contributed by atoms with Crippen LogP contribution >= 0.6 is 0 Å². The molecule has 0 saturated carbocycles. The predicted molar refractivity (Wildman–Crippen MR) is 109 cm³/mol. The first-order valence-corrected chi connectivity index (χ1v) is 10.1. The van der Waals surface area contributed by atoms with E-state index in [0.29, 0.717) is 11.0 Å². The number of morpholine rings is 1. The molecule has 3 N–H and O–H groups in total. The Morgan fingerprint density at radius 3 is 2.35 bits per heavy atom. The van der Waals surface area contributed by atoms with E-state index in [9.17, 15) is 40.7 Å². The quantitative estimate of drug-likeness (QED) is 0.423. The van der Waals surface area contributed by atoms with Crippen molar-refractivity contribution in [3.8, 4) is 0 Å². The number of carbonyl (C=O) groups is 3. The monoisotopic (exact) mass is 498 g/mol. The Morgan fingerprint density at radius 1 is 1.21 bits per heavy atom. The van der Waals surface area contributed by atoms with Gasteiger partial charge in [0.2, 0.25) is 5.91 Å². The van der Waals surface area contributed by atoms with Crippen LogP contribution in [0.2, 0.25) is 0 Å². The fraction of sp³-hybridized carbons (Fsp3) is 0.550. The Hall–Kier alpha value is -2.87. The van der Waals surface area contributed by atoms with Crippen molar-refractivity contribution < 1.29 is 45.5 Å². The highest BCUT2D eigenvalue weighted by Gasteiger charge is 2.40. The van der Waals surface area contributed by atoms with Crippen LogP contribution < -0.4 is 16.0 Å². The number of nitrogens with two attached hydrogens (primary N) is 1. The molecule has 1 atom stereocenters. The fourth-order valence-corrected chi connectivity index (χ4v) is 3.50. The van der Waals surface area contributed by atoms with Crippen LogP contribution in [0.3, 0.4) is 0 Å². The van der Waals surface area contributed by atoms with Gasteiger partial charge in [0.15, 0.2) is 6.04 Å². The van der Waals surface area contributed by atoms with Gasteiger partial charge in [-0.05, 0) is 24.1 Å². The number of benzene rings is 1. The molecule has 34 heavy (non-hydrogen) atoms. The van der Waals surface area contributed by atoms with E-state index in [1.54, 1.807) is 13.8 Å². The number of primary amides is 1. The van der Waals surface area contributed by atoms with E-state index in [1.165, 1.54) is 0 Å². The van der Waals surface area contributed by atoms with Crippen LogP contribution in [0, 0.1) is 5.92 Å². The first kappa shape index (κ1) is 27.4. The molecule has 1 saturated heterocycles. The zero-order valence-corrected chi connectivity index (χ0v) is 18.3. The zero-order chi connectivity index (χ0) is 25.8. The van der Waals surface area contributed by atoms with Gasteiger partial charge in [0.25, 0.3) is 11.8 Å². The van der Waals surface area contributed by atoms with E-state index in [2.05, 4.69) is 0 Å². The average molecular weight is 498 g/mol. The molecule has 0 spiro atoms. The maximum Gasteiger partial charge on any atom is 0.418 e. The van der Waals surface area contributed by atoms with Crippen LogP contribution in [0.5, 0.6) is 0 Å². The number of rotatable bonds is 8. The number of anilines is 2. The van der Waals surface area contributed by atoms with Crippen LogP contribution in [0.25, 0.3) is 0 Å². The van der Waals surface area contributed by atoms with Crippen molar-refractivity contribution in [3.63, 3.8) is 0 Å². The molecule has 1 heterocycles. The number of halogens is 6. The third-order valence-electron chi connectivity index (χ3n) is 4.71. The molecule has 1 aliphatic heterocycles. The molecule has 0 aromatic heterocycles. The Kier molecular flexibility index (Phi) is 8.53. The summed E-state index contributed by atoms with van der Waals surface area (Å²) in [6.07, 6.45) is -9.70. The third-order valence-corrected chi connectivity index (χ3v) is 4.71. The van der Waals surface area contributed by atoms with Crippen molar-refractivity contribution in [3.05, 3.63) is 23.8 Å². The van der Waals surface area contributed by atoms with Crippen LogP contribution in [0.1, 0.15) is 19.4 Å². The number of ether oxygens (including phenoxy) is 1. The molecule has 1 fully saturated rings. The van der Waals surface area contributed by atoms with Gasteiger partial charge in [0.05, 0.1) is 24.4 Å². The topological polar surface area (TPSA) is 105 Å². The number of nitrogens with one attached hydrogen (secondary N) is 1. The summed E-state index contributed by atoms with van der Waals surface area (Å²) >= 11 is 0. The number of hydrogen-bond acceptors (Lipinski definition) is 5. The first-order chi connectivity index (χ1) is 15.6. The number of alkyl halides is 6. The molecule has 0 bridgehead atoms. The van der Waals surface area contributed by atoms with Crippen molar-refractivity contribution in [2.24, 2.45) is 11.7 Å². The minimum Gasteiger partial charge on any atom is -0.370 e. The van der Waals surface area contributed by atoms with Crippen molar-refractivity contribution in [2.75, 3.05) is 43.1 Å². The van der Waals surface area contributed by atoms with Crippen LogP contribution in [0.4, 0.5) is 37.7 Å². The molecule has 0 aliphatic carbocycles. The van der Waals surface area contributed by atoms with Crippen molar-refractivity contribution >= 4 is 29.1 Å². The summed E-state index contributed by atoms with van der Waals surface area (Å²) in [5.41, 5.74) is 3.01. The summed E-state index contributed by atoms with van der Waals surface area (Å²) in [5.74, 6) is -3.80. The summed E-state index contributed by atoms with van der Waals surface area (Å²) in [7, 11) is 0. The Morgan fingerprint density at radius 2 is 1.85 bits per heavy atom. The number of amides is 3. The standard InChI is InChI=1S/C20H24F6N4O4/c1-11(2)8-29(10-19(21,22)23)16(17(27)32)18(33)28-12-3-4-14(13(7-12)20(24,25)26)30-5-6-34-9-15(30)31/h3-4,7,11,16H,5-6,8-10H2,1-2H3,(H2,27,32)(H,28,33)/t16-/m0/s1. The number of hydrogen-bond donors (Lipinski definition) is 2. The Labute approximate surface area is 191 Å². The zero-order valence-electron chi connectivity index (χ0n) is 18.3. The summed E-state index contributed by atoms with van der Waals surface area (Å²) in [4.78, 5) is 38.0. The SMILES string of the molecule is CC(C)CN(CC(F)(F)F)[C@@H](C(N)=O)C(=O)Nc1ccc(N2CCOCC2=O)c(C(F)(F)F)c1. The molecule has 0 radical (unpaired) electrons. The predicted octanol–water partition coefficient (Wildman–Crippen LogP) is 2.38. The lowest BCUT2D eigenvalue weighted by Gasteiger charge is -2.31. The highest BCUT2D eigenvalue weighted by Crippen LogP contribution is 2.39. The number of carbonyl (C=O) groups excluding carboxylic acids is 3. The highest BCUT2D eigenvalue weighted by atomic mass is 19.4.